The molecule has 1 aliphatic rings. The van der Waals surface area contributed by atoms with E-state index < -0.39 is 4.92 Å². The van der Waals surface area contributed by atoms with Gasteiger partial charge >= 0.3 is 6.03 Å². The van der Waals surface area contributed by atoms with Crippen LogP contribution >= 0.6 is 0 Å². The largest absolute Gasteiger partial charge is 0.365 e. The number of non-ortho nitro benzene ring substituents is 1. The fourth-order valence-electron chi connectivity index (χ4n) is 4.24. The highest BCUT2D eigenvalue weighted by Crippen LogP contribution is 2.24. The van der Waals surface area contributed by atoms with E-state index in [0.717, 1.165) is 11.3 Å². The number of urea groups is 1. The molecule has 5 rings (SSSR count). The van der Waals surface area contributed by atoms with Gasteiger partial charge in [0.1, 0.15) is 0 Å². The van der Waals surface area contributed by atoms with E-state index in [-0.39, 0.29) is 11.7 Å². The number of hydrogen-bond donors (Lipinski definition) is 2. The molecular weight excluding hydrogens is 486 g/mol. The van der Waals surface area contributed by atoms with Gasteiger partial charge in [-0.15, -0.1) is 6.58 Å². The predicted octanol–water partition coefficient (Wildman–Crippen LogP) is 3.73. The molecule has 1 saturated heterocycles. The fourth-order valence-corrected chi connectivity index (χ4v) is 4.24. The number of benzene rings is 2. The van der Waals surface area contributed by atoms with Crippen molar-refractivity contribution in [3.8, 4) is 0 Å². The van der Waals surface area contributed by atoms with Crippen LogP contribution in [0.25, 0.3) is 11.2 Å². The number of imidazole rings is 1. The van der Waals surface area contributed by atoms with E-state index in [1.165, 1.54) is 12.1 Å². The molecule has 194 valence electrons. The number of para-hydroxylation sites is 1. The summed E-state index contributed by atoms with van der Waals surface area (Å²) in [5.41, 5.74) is 2.95. The number of hydrogen-bond acceptors (Lipinski definition) is 8. The number of fused-ring (bicyclic) bond motifs is 1. The molecule has 0 atom stereocenters. The molecule has 2 aromatic heterocycles. The van der Waals surface area contributed by atoms with Crippen LogP contribution in [0.2, 0.25) is 0 Å². The van der Waals surface area contributed by atoms with Gasteiger partial charge in [0.2, 0.25) is 5.95 Å². The van der Waals surface area contributed by atoms with E-state index in [4.69, 9.17) is 9.97 Å². The SMILES string of the molecule is C=CCNc1nc(N2CCN(C(=O)Nc3ccccc3)CC2)nc2c1ncn2Cc1ccc([N+](=O)[O-])cc1. The second-order valence-corrected chi connectivity index (χ2v) is 8.78. The first-order chi connectivity index (χ1) is 18.5. The number of carbonyl (C=O) groups is 1. The number of carbonyl (C=O) groups excluding carboxylic acids is 1. The number of nitrogens with zero attached hydrogens (tertiary/aromatic N) is 7. The number of nitro groups is 1. The van der Waals surface area contributed by atoms with Gasteiger partial charge < -0.3 is 25.0 Å². The van der Waals surface area contributed by atoms with Crippen LogP contribution in [0.4, 0.5) is 27.9 Å². The molecule has 1 aliphatic heterocycles. The van der Waals surface area contributed by atoms with Gasteiger partial charge in [-0.25, -0.2) is 9.78 Å². The van der Waals surface area contributed by atoms with Gasteiger partial charge in [-0.3, -0.25) is 10.1 Å². The Morgan fingerprint density at radius 2 is 1.79 bits per heavy atom. The third kappa shape index (κ3) is 5.38. The molecule has 2 amide bonds. The maximum absolute atomic E-state index is 12.7. The van der Waals surface area contributed by atoms with Crippen LogP contribution in [0.5, 0.6) is 0 Å². The first kappa shape index (κ1) is 24.7. The maximum Gasteiger partial charge on any atom is 0.321 e. The predicted molar refractivity (Wildman–Crippen MR) is 145 cm³/mol. The maximum atomic E-state index is 12.7. The second kappa shape index (κ2) is 10.9. The molecule has 12 heteroatoms. The minimum Gasteiger partial charge on any atom is -0.365 e. The summed E-state index contributed by atoms with van der Waals surface area (Å²) in [5.74, 6) is 1.13. The van der Waals surface area contributed by atoms with Gasteiger partial charge in [0.05, 0.1) is 17.8 Å². The lowest BCUT2D eigenvalue weighted by Gasteiger charge is -2.34. The molecule has 2 aromatic carbocycles. The zero-order valence-corrected chi connectivity index (χ0v) is 20.7. The van der Waals surface area contributed by atoms with Gasteiger partial charge in [-0.1, -0.05) is 36.4 Å². The standard InChI is InChI=1S/C26H27N9O3/c1-2-12-27-23-22-24(34(18-28-22)17-19-8-10-21(11-9-19)35(37)38)31-25(30-23)32-13-15-33(16-14-32)26(36)29-20-6-4-3-5-7-20/h2-11,18H,1,12-17H2,(H,29,36)(H,27,30,31). The molecule has 12 nitrogen and oxygen atoms in total. The summed E-state index contributed by atoms with van der Waals surface area (Å²) >= 11 is 0. The number of amides is 2. The van der Waals surface area contributed by atoms with E-state index in [2.05, 4.69) is 22.2 Å². The Hall–Kier alpha value is -5.00. The van der Waals surface area contributed by atoms with Crippen molar-refractivity contribution < 1.29 is 9.72 Å². The highest BCUT2D eigenvalue weighted by atomic mass is 16.6. The number of aromatic nitrogens is 4. The lowest BCUT2D eigenvalue weighted by atomic mass is 10.2. The number of rotatable bonds is 8. The molecule has 0 saturated carbocycles. The van der Waals surface area contributed by atoms with Crippen LogP contribution in [-0.4, -0.2) is 68.1 Å². The summed E-state index contributed by atoms with van der Waals surface area (Å²) in [7, 11) is 0. The molecule has 4 aromatic rings. The number of anilines is 3. The van der Waals surface area contributed by atoms with E-state index >= 15 is 0 Å². The van der Waals surface area contributed by atoms with E-state index in [0.29, 0.717) is 62.2 Å². The van der Waals surface area contributed by atoms with Crippen molar-refractivity contribution in [1.29, 1.82) is 0 Å². The van der Waals surface area contributed by atoms with Crippen LogP contribution in [0.1, 0.15) is 5.56 Å². The molecule has 3 heterocycles. The van der Waals surface area contributed by atoms with Crippen LogP contribution in [-0.2, 0) is 6.54 Å². The molecule has 0 unspecified atom stereocenters. The van der Waals surface area contributed by atoms with Crippen LogP contribution in [0.3, 0.4) is 0 Å². The van der Waals surface area contributed by atoms with Crippen molar-refractivity contribution in [3.05, 3.63) is 89.3 Å². The summed E-state index contributed by atoms with van der Waals surface area (Å²) in [6.45, 7) is 6.92. The van der Waals surface area contributed by atoms with E-state index in [1.807, 2.05) is 39.8 Å². The Labute approximate surface area is 218 Å². The van der Waals surface area contributed by atoms with E-state index in [1.54, 1.807) is 29.4 Å². The molecule has 2 N–H and O–H groups in total. The van der Waals surface area contributed by atoms with Gasteiger partial charge in [-0.05, 0) is 17.7 Å². The van der Waals surface area contributed by atoms with Crippen LogP contribution in [0.15, 0.2) is 73.6 Å². The molecule has 0 radical (unpaired) electrons. The quantitative estimate of drug-likeness (QED) is 0.207. The average Bonchev–Trinajstić information content (AvgIpc) is 3.35. The topological polar surface area (TPSA) is 134 Å². The van der Waals surface area contributed by atoms with Crippen LogP contribution < -0.4 is 15.5 Å². The monoisotopic (exact) mass is 513 g/mol. The first-order valence-electron chi connectivity index (χ1n) is 12.2. The number of nitro benzene ring substituents is 1. The van der Waals surface area contributed by atoms with Crippen LogP contribution in [0, 0.1) is 10.1 Å². The van der Waals surface area contributed by atoms with Crippen molar-refractivity contribution in [3.63, 3.8) is 0 Å². The van der Waals surface area contributed by atoms with Crippen molar-refractivity contribution in [2.45, 2.75) is 6.54 Å². The lowest BCUT2D eigenvalue weighted by molar-refractivity contribution is -0.384. The summed E-state index contributed by atoms with van der Waals surface area (Å²) in [4.78, 5) is 41.2. The van der Waals surface area contributed by atoms with Gasteiger partial charge in [0, 0.05) is 50.5 Å². The zero-order chi connectivity index (χ0) is 26.5. The van der Waals surface area contributed by atoms with Gasteiger partial charge in [0.25, 0.3) is 5.69 Å². The third-order valence-corrected chi connectivity index (χ3v) is 6.24. The Balaban J connectivity index is 1.35. The van der Waals surface area contributed by atoms with Crippen molar-refractivity contribution in [2.75, 3.05) is 48.3 Å². The molecular formula is C26H27N9O3. The zero-order valence-electron chi connectivity index (χ0n) is 20.7. The molecule has 0 spiro atoms. The highest BCUT2D eigenvalue weighted by Gasteiger charge is 2.24. The minimum atomic E-state index is -0.418. The van der Waals surface area contributed by atoms with Gasteiger partial charge in [0.15, 0.2) is 17.0 Å². The highest BCUT2D eigenvalue weighted by molar-refractivity contribution is 5.89. The molecule has 0 bridgehead atoms. The molecule has 1 fully saturated rings. The average molecular weight is 514 g/mol. The summed E-state index contributed by atoms with van der Waals surface area (Å²) in [6.07, 6.45) is 3.43. The summed E-state index contributed by atoms with van der Waals surface area (Å²) in [6, 6.07) is 15.7. The fraction of sp³-hybridized carbons (Fsp3) is 0.231. The second-order valence-electron chi connectivity index (χ2n) is 8.78. The first-order valence-corrected chi connectivity index (χ1v) is 12.2. The van der Waals surface area contributed by atoms with Gasteiger partial charge in [-0.2, -0.15) is 9.97 Å². The number of nitrogens with one attached hydrogen (secondary N) is 2. The van der Waals surface area contributed by atoms with Crippen molar-refractivity contribution in [1.82, 2.24) is 24.4 Å². The molecule has 0 aliphatic carbocycles. The Morgan fingerprint density at radius 3 is 2.47 bits per heavy atom. The normalized spacial score (nSPS) is 13.4. The van der Waals surface area contributed by atoms with E-state index in [9.17, 15) is 14.9 Å². The summed E-state index contributed by atoms with van der Waals surface area (Å²) in [5, 5.41) is 17.2. The smallest absolute Gasteiger partial charge is 0.321 e. The number of piperazine rings is 1. The third-order valence-electron chi connectivity index (χ3n) is 6.24. The Kier molecular flexibility index (Phi) is 7.11. The minimum absolute atomic E-state index is 0.0429. The lowest BCUT2D eigenvalue weighted by Crippen LogP contribution is -2.50. The molecule has 38 heavy (non-hydrogen) atoms. The Morgan fingerprint density at radius 1 is 1.05 bits per heavy atom. The van der Waals surface area contributed by atoms with Crippen molar-refractivity contribution in [2.24, 2.45) is 0 Å². The summed E-state index contributed by atoms with van der Waals surface area (Å²) < 4.78 is 1.89. The Bertz CT molecular complexity index is 1450. The van der Waals surface area contributed by atoms with Crippen molar-refractivity contribution >= 4 is 40.3 Å².